The van der Waals surface area contributed by atoms with Crippen LogP contribution in [0.2, 0.25) is 0 Å². The Kier molecular flexibility index (Phi) is 4.26. The maximum atomic E-state index is 13.1. The summed E-state index contributed by atoms with van der Waals surface area (Å²) in [7, 11) is -3.86. The first kappa shape index (κ1) is 17.0. The summed E-state index contributed by atoms with van der Waals surface area (Å²) >= 11 is 0. The summed E-state index contributed by atoms with van der Waals surface area (Å²) < 4.78 is 41.6. The van der Waals surface area contributed by atoms with Gasteiger partial charge < -0.3 is 5.32 Å². The predicted molar refractivity (Wildman–Crippen MR) is 95.4 cm³/mol. The number of nitrogens with one attached hydrogen (secondary N) is 1. The van der Waals surface area contributed by atoms with Gasteiger partial charge in [-0.3, -0.25) is 4.79 Å². The highest BCUT2D eigenvalue weighted by Gasteiger charge is 2.31. The van der Waals surface area contributed by atoms with Gasteiger partial charge in [0, 0.05) is 16.8 Å². The van der Waals surface area contributed by atoms with Crippen LogP contribution in [0.4, 0.5) is 10.1 Å². The lowest BCUT2D eigenvalue weighted by atomic mass is 10.1. The van der Waals surface area contributed by atoms with Gasteiger partial charge >= 0.3 is 0 Å². The third-order valence-corrected chi connectivity index (χ3v) is 5.31. The van der Waals surface area contributed by atoms with E-state index in [9.17, 15) is 17.6 Å². The molecule has 1 heterocycles. The van der Waals surface area contributed by atoms with Gasteiger partial charge in [-0.15, -0.1) is 4.40 Å². The van der Waals surface area contributed by atoms with Crippen LogP contribution >= 0.6 is 0 Å². The summed E-state index contributed by atoms with van der Waals surface area (Å²) in [6.07, 6.45) is 0. The molecule has 2 aromatic rings. The van der Waals surface area contributed by atoms with E-state index < -0.39 is 15.8 Å². The van der Waals surface area contributed by atoms with Crippen LogP contribution in [-0.4, -0.2) is 20.0 Å². The molecule has 0 saturated carbocycles. The van der Waals surface area contributed by atoms with Crippen molar-refractivity contribution in [1.29, 1.82) is 0 Å². The van der Waals surface area contributed by atoms with Crippen molar-refractivity contribution in [3.05, 3.63) is 71.0 Å². The number of carbonyl (C=O) groups is 1. The van der Waals surface area contributed by atoms with E-state index >= 15 is 0 Å². The zero-order valence-electron chi connectivity index (χ0n) is 13.6. The van der Waals surface area contributed by atoms with Crippen molar-refractivity contribution >= 4 is 32.2 Å². The first-order chi connectivity index (χ1) is 11.8. The van der Waals surface area contributed by atoms with Crippen molar-refractivity contribution in [2.75, 3.05) is 5.32 Å². The standard InChI is InChI=1S/C18H15FN2O3S/c1-11-17(14-3-7-15(19)8-4-14)25(23,24)21-18(11)20-16-9-5-13(6-10-16)12(2)22/h3-10H,1-2H3,(H,20,21). The molecular formula is C18H15FN2O3S. The van der Waals surface area contributed by atoms with Crippen LogP contribution in [0.3, 0.4) is 0 Å². The van der Waals surface area contributed by atoms with Crippen LogP contribution < -0.4 is 5.32 Å². The maximum Gasteiger partial charge on any atom is 0.285 e. The number of Topliss-reactive ketones (excluding diaryl/α,β-unsaturated/α-hetero) is 1. The first-order valence-corrected chi connectivity index (χ1v) is 8.92. The molecule has 3 rings (SSSR count). The smallest absolute Gasteiger partial charge is 0.285 e. The maximum absolute atomic E-state index is 13.1. The molecule has 2 aromatic carbocycles. The van der Waals surface area contributed by atoms with Crippen molar-refractivity contribution in [1.82, 2.24) is 0 Å². The van der Waals surface area contributed by atoms with E-state index in [4.69, 9.17) is 0 Å². The fourth-order valence-corrected chi connectivity index (χ4v) is 3.98. The number of rotatable bonds is 3. The molecule has 0 aliphatic carbocycles. The summed E-state index contributed by atoms with van der Waals surface area (Å²) in [4.78, 5) is 11.4. The fraction of sp³-hybridized carbons (Fsp3) is 0.111. The average Bonchev–Trinajstić information content (AvgIpc) is 2.78. The Morgan fingerprint density at radius 1 is 1.04 bits per heavy atom. The molecule has 0 aromatic heterocycles. The van der Waals surface area contributed by atoms with Gasteiger partial charge in [-0.25, -0.2) is 4.39 Å². The van der Waals surface area contributed by atoms with Gasteiger partial charge in [0.25, 0.3) is 10.0 Å². The molecule has 25 heavy (non-hydrogen) atoms. The second-order valence-electron chi connectivity index (χ2n) is 5.63. The molecule has 0 radical (unpaired) electrons. The third kappa shape index (κ3) is 3.36. The summed E-state index contributed by atoms with van der Waals surface area (Å²) in [5.74, 6) is -0.292. The molecule has 1 N–H and O–H groups in total. The molecule has 0 fully saturated rings. The number of amidine groups is 1. The number of hydrogen-bond acceptors (Lipinski definition) is 4. The molecule has 1 aliphatic heterocycles. The lowest BCUT2D eigenvalue weighted by Crippen LogP contribution is -2.11. The van der Waals surface area contributed by atoms with E-state index in [0.29, 0.717) is 22.4 Å². The summed E-state index contributed by atoms with van der Waals surface area (Å²) in [5, 5.41) is 2.95. The minimum atomic E-state index is -3.86. The highest BCUT2D eigenvalue weighted by molar-refractivity contribution is 8.00. The van der Waals surface area contributed by atoms with E-state index in [1.807, 2.05) is 0 Å². The highest BCUT2D eigenvalue weighted by Crippen LogP contribution is 2.33. The summed E-state index contributed by atoms with van der Waals surface area (Å²) in [5.41, 5.74) is 2.00. The first-order valence-electron chi connectivity index (χ1n) is 7.48. The Balaban J connectivity index is 1.94. The fourth-order valence-electron chi connectivity index (χ4n) is 2.54. The Bertz CT molecular complexity index is 1010. The minimum absolute atomic E-state index is 0.0513. The Morgan fingerprint density at radius 2 is 1.64 bits per heavy atom. The number of halogens is 1. The van der Waals surface area contributed by atoms with E-state index in [1.165, 1.54) is 31.2 Å². The normalized spacial score (nSPS) is 15.9. The van der Waals surface area contributed by atoms with Crippen molar-refractivity contribution in [2.24, 2.45) is 4.40 Å². The monoisotopic (exact) mass is 358 g/mol. The quantitative estimate of drug-likeness (QED) is 0.851. The minimum Gasteiger partial charge on any atom is -0.339 e. The molecular weight excluding hydrogens is 343 g/mol. The lowest BCUT2D eigenvalue weighted by Gasteiger charge is -2.07. The molecule has 1 aliphatic rings. The van der Waals surface area contributed by atoms with Gasteiger partial charge in [0.05, 0.1) is 0 Å². The topological polar surface area (TPSA) is 75.6 Å². The van der Waals surface area contributed by atoms with Crippen LogP contribution in [0.5, 0.6) is 0 Å². The summed E-state index contributed by atoms with van der Waals surface area (Å²) in [6, 6.07) is 11.9. The van der Waals surface area contributed by atoms with Crippen LogP contribution in [-0.2, 0) is 10.0 Å². The van der Waals surface area contributed by atoms with Crippen LogP contribution in [0.15, 0.2) is 58.5 Å². The zero-order chi connectivity index (χ0) is 18.2. The van der Waals surface area contributed by atoms with Gasteiger partial charge in [0.15, 0.2) is 5.78 Å². The number of sulfonamides is 1. The predicted octanol–water partition coefficient (Wildman–Crippen LogP) is 3.61. The molecule has 0 atom stereocenters. The van der Waals surface area contributed by atoms with E-state index in [2.05, 4.69) is 9.71 Å². The number of ketones is 1. The average molecular weight is 358 g/mol. The van der Waals surface area contributed by atoms with Crippen LogP contribution in [0.25, 0.3) is 4.91 Å². The Labute approximate surface area is 145 Å². The van der Waals surface area contributed by atoms with E-state index in [0.717, 1.165) is 0 Å². The molecule has 0 unspecified atom stereocenters. The number of hydrogen-bond donors (Lipinski definition) is 1. The van der Waals surface area contributed by atoms with E-state index in [1.54, 1.807) is 31.2 Å². The number of benzene rings is 2. The van der Waals surface area contributed by atoms with Crippen molar-refractivity contribution < 1.29 is 17.6 Å². The van der Waals surface area contributed by atoms with Gasteiger partial charge in [0.2, 0.25) is 0 Å². The molecule has 0 bridgehead atoms. The number of anilines is 1. The van der Waals surface area contributed by atoms with Gasteiger partial charge in [-0.05, 0) is 55.8 Å². The molecule has 5 nitrogen and oxygen atoms in total. The SMILES string of the molecule is CC(=O)c1ccc(NC2=NS(=O)(=O)C(c3ccc(F)cc3)=C2C)cc1. The van der Waals surface area contributed by atoms with Gasteiger partial charge in [0.1, 0.15) is 16.6 Å². The zero-order valence-corrected chi connectivity index (χ0v) is 14.4. The molecule has 0 spiro atoms. The number of nitrogens with zero attached hydrogens (tertiary/aromatic N) is 1. The molecule has 0 saturated heterocycles. The Hall–Kier alpha value is -2.80. The number of carbonyl (C=O) groups excluding carboxylic acids is 1. The van der Waals surface area contributed by atoms with Gasteiger partial charge in [-0.1, -0.05) is 12.1 Å². The highest BCUT2D eigenvalue weighted by atomic mass is 32.2. The molecule has 0 amide bonds. The molecule has 7 heteroatoms. The largest absolute Gasteiger partial charge is 0.339 e. The summed E-state index contributed by atoms with van der Waals surface area (Å²) in [6.45, 7) is 3.11. The van der Waals surface area contributed by atoms with Gasteiger partial charge in [-0.2, -0.15) is 8.42 Å². The third-order valence-electron chi connectivity index (χ3n) is 3.83. The van der Waals surface area contributed by atoms with E-state index in [-0.39, 0.29) is 16.5 Å². The Morgan fingerprint density at radius 3 is 2.20 bits per heavy atom. The second kappa shape index (κ2) is 6.25. The van der Waals surface area contributed by atoms with Crippen molar-refractivity contribution in [2.45, 2.75) is 13.8 Å². The van der Waals surface area contributed by atoms with Crippen LogP contribution in [0.1, 0.15) is 29.8 Å². The van der Waals surface area contributed by atoms with Crippen LogP contribution in [0, 0.1) is 5.82 Å². The molecule has 128 valence electrons. The van der Waals surface area contributed by atoms with Crippen molar-refractivity contribution in [3.8, 4) is 0 Å². The second-order valence-corrected chi connectivity index (χ2v) is 7.18. The lowest BCUT2D eigenvalue weighted by molar-refractivity contribution is 0.101. The van der Waals surface area contributed by atoms with Crippen molar-refractivity contribution in [3.63, 3.8) is 0 Å².